The van der Waals surface area contributed by atoms with Crippen molar-refractivity contribution >= 4 is 5.91 Å². The molecule has 0 radical (unpaired) electrons. The average Bonchev–Trinajstić information content (AvgIpc) is 3.26. The predicted molar refractivity (Wildman–Crippen MR) is 86.3 cm³/mol. The van der Waals surface area contributed by atoms with Crippen LogP contribution in [0.3, 0.4) is 0 Å². The molecule has 6 heteroatoms. The molecule has 0 bridgehead atoms. The van der Waals surface area contributed by atoms with Crippen LogP contribution in [0.2, 0.25) is 0 Å². The molecule has 0 fully saturated rings. The third-order valence-corrected chi connectivity index (χ3v) is 4.30. The number of benzene rings is 1. The molecule has 0 saturated heterocycles. The number of halogens is 1. The highest BCUT2D eigenvalue weighted by Crippen LogP contribution is 2.32. The van der Waals surface area contributed by atoms with Gasteiger partial charge in [-0.15, -0.1) is 0 Å². The van der Waals surface area contributed by atoms with Crippen molar-refractivity contribution in [1.82, 2.24) is 19.9 Å². The van der Waals surface area contributed by atoms with Crippen LogP contribution in [0.25, 0.3) is 5.82 Å². The quantitative estimate of drug-likeness (QED) is 0.806. The third kappa shape index (κ3) is 2.56. The highest BCUT2D eigenvalue weighted by molar-refractivity contribution is 5.94. The second-order valence-electron chi connectivity index (χ2n) is 5.75. The zero-order valence-corrected chi connectivity index (χ0v) is 12.8. The number of imidazole rings is 1. The smallest absolute Gasteiger partial charge is 0.251 e. The van der Waals surface area contributed by atoms with Gasteiger partial charge in [-0.05, 0) is 42.2 Å². The number of hydrogen-bond donors (Lipinski definition) is 1. The van der Waals surface area contributed by atoms with Crippen LogP contribution < -0.4 is 5.32 Å². The molecule has 2 heterocycles. The lowest BCUT2D eigenvalue weighted by molar-refractivity contribution is 0.0936. The van der Waals surface area contributed by atoms with Crippen molar-refractivity contribution in [3.05, 3.63) is 77.8 Å². The molecule has 1 N–H and O–H groups in total. The van der Waals surface area contributed by atoms with Crippen molar-refractivity contribution in [2.75, 3.05) is 0 Å². The SMILES string of the molecule is O=C(N[C@H]1CCc2c(F)cccc21)c1ccnc(-n2ccnc2)c1. The van der Waals surface area contributed by atoms with Gasteiger partial charge in [-0.1, -0.05) is 12.1 Å². The molecular formula is C18H15FN4O. The minimum Gasteiger partial charge on any atom is -0.345 e. The van der Waals surface area contributed by atoms with E-state index in [4.69, 9.17) is 0 Å². The Morgan fingerprint density at radius 1 is 1.29 bits per heavy atom. The lowest BCUT2D eigenvalue weighted by Crippen LogP contribution is -2.27. The fraction of sp³-hybridized carbons (Fsp3) is 0.167. The van der Waals surface area contributed by atoms with E-state index in [0.29, 0.717) is 29.8 Å². The van der Waals surface area contributed by atoms with E-state index >= 15 is 0 Å². The molecule has 4 rings (SSSR count). The topological polar surface area (TPSA) is 59.8 Å². The minimum atomic E-state index is -0.199. The molecule has 1 amide bonds. The summed E-state index contributed by atoms with van der Waals surface area (Å²) >= 11 is 0. The van der Waals surface area contributed by atoms with Crippen molar-refractivity contribution in [2.24, 2.45) is 0 Å². The van der Waals surface area contributed by atoms with Gasteiger partial charge in [-0.25, -0.2) is 14.4 Å². The molecule has 1 aliphatic rings. The van der Waals surface area contributed by atoms with Gasteiger partial charge in [0, 0.05) is 24.2 Å². The van der Waals surface area contributed by atoms with Gasteiger partial charge >= 0.3 is 0 Å². The average molecular weight is 322 g/mol. The Labute approximate surface area is 138 Å². The normalized spacial score (nSPS) is 16.0. The number of hydrogen-bond acceptors (Lipinski definition) is 3. The zero-order valence-electron chi connectivity index (χ0n) is 12.8. The molecule has 1 atom stereocenters. The van der Waals surface area contributed by atoms with Crippen molar-refractivity contribution < 1.29 is 9.18 Å². The Balaban J connectivity index is 1.56. The number of nitrogens with one attached hydrogen (secondary N) is 1. The van der Waals surface area contributed by atoms with Gasteiger partial charge in [0.2, 0.25) is 0 Å². The molecule has 3 aromatic rings. The Hall–Kier alpha value is -3.02. The van der Waals surface area contributed by atoms with E-state index in [1.807, 2.05) is 6.07 Å². The summed E-state index contributed by atoms with van der Waals surface area (Å²) in [5.74, 6) is 0.231. The van der Waals surface area contributed by atoms with Gasteiger partial charge < -0.3 is 5.32 Å². The Morgan fingerprint density at radius 2 is 2.21 bits per heavy atom. The maximum atomic E-state index is 13.8. The Bertz CT molecular complexity index is 892. The monoisotopic (exact) mass is 322 g/mol. The van der Waals surface area contributed by atoms with Gasteiger partial charge in [-0.2, -0.15) is 0 Å². The first-order valence-corrected chi connectivity index (χ1v) is 7.75. The fourth-order valence-electron chi connectivity index (χ4n) is 3.10. The molecular weight excluding hydrogens is 307 g/mol. The van der Waals surface area contributed by atoms with E-state index in [-0.39, 0.29) is 17.8 Å². The number of nitrogens with zero attached hydrogens (tertiary/aromatic N) is 3. The number of rotatable bonds is 3. The maximum Gasteiger partial charge on any atom is 0.251 e. The van der Waals surface area contributed by atoms with Crippen LogP contribution in [0, 0.1) is 5.82 Å². The van der Waals surface area contributed by atoms with Crippen molar-refractivity contribution in [3.63, 3.8) is 0 Å². The largest absolute Gasteiger partial charge is 0.345 e. The van der Waals surface area contributed by atoms with Gasteiger partial charge in [0.25, 0.3) is 5.91 Å². The number of carbonyl (C=O) groups is 1. The van der Waals surface area contributed by atoms with Crippen LogP contribution >= 0.6 is 0 Å². The maximum absolute atomic E-state index is 13.8. The Morgan fingerprint density at radius 3 is 3.04 bits per heavy atom. The molecule has 5 nitrogen and oxygen atoms in total. The van der Waals surface area contributed by atoms with E-state index in [1.165, 1.54) is 6.07 Å². The standard InChI is InChI=1S/C18H15FN4O/c19-15-3-1-2-14-13(15)4-5-16(14)22-18(24)12-6-7-21-17(10-12)23-9-8-20-11-23/h1-3,6-11,16H,4-5H2,(H,22,24)/t16-/m0/s1. The second kappa shape index (κ2) is 5.88. The molecule has 120 valence electrons. The number of aromatic nitrogens is 3. The van der Waals surface area contributed by atoms with E-state index in [1.54, 1.807) is 47.7 Å². The van der Waals surface area contributed by atoms with Gasteiger partial charge in [-0.3, -0.25) is 9.36 Å². The van der Waals surface area contributed by atoms with Crippen LogP contribution in [0.15, 0.2) is 55.2 Å². The molecule has 0 aliphatic heterocycles. The summed E-state index contributed by atoms with van der Waals surface area (Å²) in [6.45, 7) is 0. The van der Waals surface area contributed by atoms with Crippen molar-refractivity contribution in [2.45, 2.75) is 18.9 Å². The van der Waals surface area contributed by atoms with Gasteiger partial charge in [0.05, 0.1) is 6.04 Å². The van der Waals surface area contributed by atoms with Gasteiger partial charge in [0.1, 0.15) is 18.0 Å². The highest BCUT2D eigenvalue weighted by Gasteiger charge is 2.26. The summed E-state index contributed by atoms with van der Waals surface area (Å²) < 4.78 is 15.5. The number of pyridine rings is 1. The van der Waals surface area contributed by atoms with Crippen LogP contribution in [-0.4, -0.2) is 20.4 Å². The summed E-state index contributed by atoms with van der Waals surface area (Å²) in [6, 6.07) is 8.23. The lowest BCUT2D eigenvalue weighted by atomic mass is 10.1. The van der Waals surface area contributed by atoms with E-state index < -0.39 is 0 Å². The molecule has 2 aromatic heterocycles. The van der Waals surface area contributed by atoms with E-state index in [0.717, 1.165) is 5.56 Å². The van der Waals surface area contributed by atoms with Crippen molar-refractivity contribution in [1.29, 1.82) is 0 Å². The second-order valence-corrected chi connectivity index (χ2v) is 5.75. The number of carbonyl (C=O) groups excluding carboxylic acids is 1. The molecule has 24 heavy (non-hydrogen) atoms. The molecule has 1 aromatic carbocycles. The van der Waals surface area contributed by atoms with Crippen LogP contribution in [-0.2, 0) is 6.42 Å². The molecule has 0 saturated carbocycles. The van der Waals surface area contributed by atoms with Crippen LogP contribution in [0.4, 0.5) is 4.39 Å². The third-order valence-electron chi connectivity index (χ3n) is 4.30. The molecule has 0 unspecified atom stereocenters. The number of fused-ring (bicyclic) bond motifs is 1. The first kappa shape index (κ1) is 14.6. The summed E-state index contributed by atoms with van der Waals surface area (Å²) in [7, 11) is 0. The van der Waals surface area contributed by atoms with E-state index in [2.05, 4.69) is 15.3 Å². The first-order chi connectivity index (χ1) is 11.7. The van der Waals surface area contributed by atoms with E-state index in [9.17, 15) is 9.18 Å². The summed E-state index contributed by atoms with van der Waals surface area (Å²) in [4.78, 5) is 20.8. The lowest BCUT2D eigenvalue weighted by Gasteiger charge is -2.14. The van der Waals surface area contributed by atoms with Crippen LogP contribution in [0.5, 0.6) is 0 Å². The van der Waals surface area contributed by atoms with Crippen LogP contribution in [0.1, 0.15) is 33.9 Å². The molecule has 0 spiro atoms. The minimum absolute atomic E-state index is 0.159. The fourth-order valence-corrected chi connectivity index (χ4v) is 3.10. The molecule has 1 aliphatic carbocycles. The first-order valence-electron chi connectivity index (χ1n) is 7.75. The summed E-state index contributed by atoms with van der Waals surface area (Å²) in [6.07, 6.45) is 7.98. The van der Waals surface area contributed by atoms with Gasteiger partial charge in [0.15, 0.2) is 0 Å². The highest BCUT2D eigenvalue weighted by atomic mass is 19.1. The predicted octanol–water partition coefficient (Wildman–Crippen LogP) is 2.82. The number of amides is 1. The summed E-state index contributed by atoms with van der Waals surface area (Å²) in [5, 5.41) is 2.99. The summed E-state index contributed by atoms with van der Waals surface area (Å²) in [5.41, 5.74) is 2.09. The zero-order chi connectivity index (χ0) is 16.5. The van der Waals surface area contributed by atoms with Crippen molar-refractivity contribution in [3.8, 4) is 5.82 Å². The Kier molecular flexibility index (Phi) is 3.57.